The van der Waals surface area contributed by atoms with Gasteiger partial charge in [-0.1, -0.05) is 0 Å². The van der Waals surface area contributed by atoms with E-state index in [-0.39, 0.29) is 24.6 Å². The molecule has 1 N–H and O–H groups in total. The molecule has 3 nitrogen and oxygen atoms in total. The van der Waals surface area contributed by atoms with Gasteiger partial charge in [0.15, 0.2) is 0 Å². The zero-order chi connectivity index (χ0) is 7.14. The van der Waals surface area contributed by atoms with E-state index in [2.05, 4.69) is 0 Å². The van der Waals surface area contributed by atoms with Crippen LogP contribution in [-0.4, -0.2) is 23.8 Å². The SMILES string of the molecule is O=C1O[C@@H](CO)[C@H]2CC[C@@H]12. The van der Waals surface area contributed by atoms with E-state index in [0.29, 0.717) is 5.92 Å². The van der Waals surface area contributed by atoms with E-state index in [1.165, 1.54) is 0 Å². The highest BCUT2D eigenvalue weighted by molar-refractivity contribution is 5.76. The number of fused-ring (bicyclic) bond motifs is 1. The van der Waals surface area contributed by atoms with E-state index in [1.54, 1.807) is 0 Å². The van der Waals surface area contributed by atoms with Crippen LogP contribution in [0.15, 0.2) is 0 Å². The predicted molar refractivity (Wildman–Crippen MR) is 33.2 cm³/mol. The van der Waals surface area contributed by atoms with Crippen LogP contribution in [0.4, 0.5) is 0 Å². The van der Waals surface area contributed by atoms with Gasteiger partial charge in [0.2, 0.25) is 0 Å². The first kappa shape index (κ1) is 6.16. The Morgan fingerprint density at radius 3 is 2.70 bits per heavy atom. The third kappa shape index (κ3) is 0.611. The van der Waals surface area contributed by atoms with Crippen molar-refractivity contribution in [3.63, 3.8) is 0 Å². The normalized spacial score (nSPS) is 44.1. The number of carbonyl (C=O) groups excluding carboxylic acids is 1. The molecule has 10 heavy (non-hydrogen) atoms. The number of esters is 1. The Morgan fingerprint density at radius 2 is 2.40 bits per heavy atom. The molecular formula is C7H10O3. The molecule has 1 heterocycles. The van der Waals surface area contributed by atoms with Gasteiger partial charge in [-0.2, -0.15) is 0 Å². The highest BCUT2D eigenvalue weighted by Gasteiger charge is 2.49. The van der Waals surface area contributed by atoms with Crippen molar-refractivity contribution in [1.82, 2.24) is 0 Å². The minimum atomic E-state index is -0.189. The monoisotopic (exact) mass is 142 g/mol. The van der Waals surface area contributed by atoms with E-state index < -0.39 is 0 Å². The standard InChI is InChI=1S/C7H10O3/c8-3-6-4-1-2-5(4)7(9)10-6/h4-6,8H,1-3H2/t4-,5+,6-/m0/s1. The molecule has 0 spiro atoms. The second-order valence-corrected chi connectivity index (χ2v) is 3.01. The van der Waals surface area contributed by atoms with Crippen LogP contribution in [0.3, 0.4) is 0 Å². The van der Waals surface area contributed by atoms with Crippen LogP contribution < -0.4 is 0 Å². The lowest BCUT2D eigenvalue weighted by Gasteiger charge is -2.27. The molecule has 1 aliphatic carbocycles. The molecule has 2 aliphatic rings. The van der Waals surface area contributed by atoms with Crippen molar-refractivity contribution in [2.75, 3.05) is 6.61 Å². The van der Waals surface area contributed by atoms with E-state index in [4.69, 9.17) is 9.84 Å². The topological polar surface area (TPSA) is 46.5 Å². The van der Waals surface area contributed by atoms with E-state index in [1.807, 2.05) is 0 Å². The van der Waals surface area contributed by atoms with Crippen LogP contribution >= 0.6 is 0 Å². The lowest BCUT2D eigenvalue weighted by molar-refractivity contribution is -0.145. The number of aliphatic hydroxyl groups excluding tert-OH is 1. The van der Waals surface area contributed by atoms with Gasteiger partial charge >= 0.3 is 5.97 Å². The quantitative estimate of drug-likeness (QED) is 0.521. The van der Waals surface area contributed by atoms with Gasteiger partial charge in [-0.05, 0) is 12.8 Å². The first-order valence-corrected chi connectivity index (χ1v) is 3.64. The summed E-state index contributed by atoms with van der Waals surface area (Å²) in [6.07, 6.45) is 1.81. The second-order valence-electron chi connectivity index (χ2n) is 3.01. The third-order valence-electron chi connectivity index (χ3n) is 2.56. The van der Waals surface area contributed by atoms with Crippen LogP contribution in [0, 0.1) is 11.8 Å². The lowest BCUT2D eigenvalue weighted by Crippen LogP contribution is -2.31. The van der Waals surface area contributed by atoms with Crippen molar-refractivity contribution in [3.8, 4) is 0 Å². The summed E-state index contributed by atoms with van der Waals surface area (Å²) >= 11 is 0. The van der Waals surface area contributed by atoms with Gasteiger partial charge in [-0.15, -0.1) is 0 Å². The van der Waals surface area contributed by atoms with Crippen LogP contribution in [0.5, 0.6) is 0 Å². The van der Waals surface area contributed by atoms with Gasteiger partial charge in [0.1, 0.15) is 6.10 Å². The minimum Gasteiger partial charge on any atom is -0.459 e. The predicted octanol–water partition coefficient (Wildman–Crippen LogP) is -0.0697. The lowest BCUT2D eigenvalue weighted by atomic mass is 9.73. The molecule has 1 saturated carbocycles. The molecule has 0 radical (unpaired) electrons. The summed E-state index contributed by atoms with van der Waals surface area (Å²) in [7, 11) is 0. The van der Waals surface area contributed by atoms with Crippen LogP contribution in [0.2, 0.25) is 0 Å². The Kier molecular flexibility index (Phi) is 1.20. The largest absolute Gasteiger partial charge is 0.459 e. The van der Waals surface area contributed by atoms with Crippen LogP contribution in [0.25, 0.3) is 0 Å². The first-order chi connectivity index (χ1) is 4.83. The fourth-order valence-corrected chi connectivity index (χ4v) is 1.76. The third-order valence-corrected chi connectivity index (χ3v) is 2.56. The highest BCUT2D eigenvalue weighted by Crippen LogP contribution is 2.43. The fraction of sp³-hybridized carbons (Fsp3) is 0.857. The Morgan fingerprint density at radius 1 is 1.60 bits per heavy atom. The van der Waals surface area contributed by atoms with E-state index >= 15 is 0 Å². The summed E-state index contributed by atoms with van der Waals surface area (Å²) in [5.74, 6) is 0.352. The molecular weight excluding hydrogens is 132 g/mol. The Hall–Kier alpha value is -0.570. The number of rotatable bonds is 1. The van der Waals surface area contributed by atoms with Crippen molar-refractivity contribution < 1.29 is 14.6 Å². The van der Waals surface area contributed by atoms with Gasteiger partial charge in [-0.25, -0.2) is 0 Å². The van der Waals surface area contributed by atoms with Gasteiger partial charge in [0.25, 0.3) is 0 Å². The summed E-state index contributed by atoms with van der Waals surface area (Å²) in [5.41, 5.74) is 0. The molecule has 2 rings (SSSR count). The Bertz CT molecular complexity index is 164. The summed E-state index contributed by atoms with van der Waals surface area (Å²) in [6, 6.07) is 0. The smallest absolute Gasteiger partial charge is 0.309 e. The molecule has 0 amide bonds. The van der Waals surface area contributed by atoms with Gasteiger partial charge in [0.05, 0.1) is 12.5 Å². The fourth-order valence-electron chi connectivity index (χ4n) is 1.76. The molecule has 0 aromatic carbocycles. The molecule has 3 heteroatoms. The van der Waals surface area contributed by atoms with Crippen LogP contribution in [0.1, 0.15) is 12.8 Å². The molecule has 1 aliphatic heterocycles. The Labute approximate surface area is 59.0 Å². The average molecular weight is 142 g/mol. The van der Waals surface area contributed by atoms with Gasteiger partial charge < -0.3 is 9.84 Å². The van der Waals surface area contributed by atoms with Crippen molar-refractivity contribution >= 4 is 5.97 Å². The van der Waals surface area contributed by atoms with E-state index in [9.17, 15) is 4.79 Å². The number of hydrogen-bond donors (Lipinski definition) is 1. The van der Waals surface area contributed by atoms with Crippen molar-refractivity contribution in [2.45, 2.75) is 18.9 Å². The van der Waals surface area contributed by atoms with E-state index in [0.717, 1.165) is 12.8 Å². The number of cyclic esters (lactones) is 1. The summed E-state index contributed by atoms with van der Waals surface area (Å²) in [4.78, 5) is 10.9. The zero-order valence-corrected chi connectivity index (χ0v) is 5.62. The molecule has 0 aromatic heterocycles. The molecule has 1 saturated heterocycles. The molecule has 3 atom stereocenters. The maximum absolute atomic E-state index is 10.9. The molecule has 56 valence electrons. The van der Waals surface area contributed by atoms with Crippen molar-refractivity contribution in [2.24, 2.45) is 11.8 Å². The number of ether oxygens (including phenoxy) is 1. The van der Waals surface area contributed by atoms with Crippen molar-refractivity contribution in [1.29, 1.82) is 0 Å². The summed E-state index contributed by atoms with van der Waals surface area (Å²) < 4.78 is 4.91. The maximum atomic E-state index is 10.9. The van der Waals surface area contributed by atoms with Crippen molar-refractivity contribution in [3.05, 3.63) is 0 Å². The summed E-state index contributed by atoms with van der Waals surface area (Å²) in [6.45, 7) is -0.00704. The second kappa shape index (κ2) is 1.95. The zero-order valence-electron chi connectivity index (χ0n) is 5.62. The maximum Gasteiger partial charge on any atom is 0.309 e. The number of aliphatic hydroxyl groups is 1. The van der Waals surface area contributed by atoms with Crippen LogP contribution in [-0.2, 0) is 9.53 Å². The summed E-state index contributed by atoms with van der Waals surface area (Å²) in [5, 5.41) is 8.73. The first-order valence-electron chi connectivity index (χ1n) is 3.64. The average Bonchev–Trinajstić information content (AvgIpc) is 2.02. The Balaban J connectivity index is 2.09. The molecule has 2 fully saturated rings. The molecule has 0 aromatic rings. The number of hydrogen-bond acceptors (Lipinski definition) is 3. The minimum absolute atomic E-state index is 0.00704. The number of carbonyl (C=O) groups is 1. The van der Waals surface area contributed by atoms with Gasteiger partial charge in [0, 0.05) is 5.92 Å². The van der Waals surface area contributed by atoms with Gasteiger partial charge in [-0.3, -0.25) is 4.79 Å². The molecule has 0 bridgehead atoms. The molecule has 0 unspecified atom stereocenters. The highest BCUT2D eigenvalue weighted by atomic mass is 16.6.